The summed E-state index contributed by atoms with van der Waals surface area (Å²) in [5.74, 6) is 1.69. The van der Waals surface area contributed by atoms with E-state index in [0.29, 0.717) is 0 Å². The third kappa shape index (κ3) is 4.14. The van der Waals surface area contributed by atoms with E-state index < -0.39 is 0 Å². The van der Waals surface area contributed by atoms with Crippen LogP contribution >= 0.6 is 24.8 Å². The molecule has 1 aromatic rings. The van der Waals surface area contributed by atoms with Gasteiger partial charge in [-0.1, -0.05) is 6.92 Å². The van der Waals surface area contributed by atoms with Crippen LogP contribution in [0.3, 0.4) is 0 Å². The quantitative estimate of drug-likeness (QED) is 0.921. The Morgan fingerprint density at radius 1 is 1.53 bits per heavy atom. The lowest BCUT2D eigenvalue weighted by atomic mass is 9.90. The molecule has 0 radical (unpaired) electrons. The SMILES string of the molecule is Cc1cnc(CN2CCC(C)(CN)C2)o1.Cl.Cl. The first-order valence-electron chi connectivity index (χ1n) is 5.45. The molecule has 0 aromatic carbocycles. The molecular weight excluding hydrogens is 261 g/mol. The predicted molar refractivity (Wildman–Crippen MR) is 72.8 cm³/mol. The number of oxazole rings is 1. The topological polar surface area (TPSA) is 55.3 Å². The van der Waals surface area contributed by atoms with Crippen molar-refractivity contribution in [2.75, 3.05) is 19.6 Å². The number of rotatable bonds is 3. The summed E-state index contributed by atoms with van der Waals surface area (Å²) in [7, 11) is 0. The summed E-state index contributed by atoms with van der Waals surface area (Å²) in [4.78, 5) is 6.57. The molecule has 2 N–H and O–H groups in total. The fourth-order valence-electron chi connectivity index (χ4n) is 2.09. The summed E-state index contributed by atoms with van der Waals surface area (Å²) in [5, 5.41) is 0. The summed E-state index contributed by atoms with van der Waals surface area (Å²) in [6.45, 7) is 7.87. The highest BCUT2D eigenvalue weighted by atomic mass is 35.5. The first-order valence-corrected chi connectivity index (χ1v) is 5.45. The molecule has 17 heavy (non-hydrogen) atoms. The molecule has 1 unspecified atom stereocenters. The molecule has 0 saturated carbocycles. The van der Waals surface area contributed by atoms with Crippen molar-refractivity contribution in [2.24, 2.45) is 11.1 Å². The average molecular weight is 282 g/mol. The van der Waals surface area contributed by atoms with Crippen LogP contribution in [-0.4, -0.2) is 29.5 Å². The molecule has 1 aliphatic rings. The number of aryl methyl sites for hydroxylation is 1. The van der Waals surface area contributed by atoms with Crippen LogP contribution in [-0.2, 0) is 6.54 Å². The first kappa shape index (κ1) is 16.7. The number of likely N-dealkylation sites (tertiary alicyclic amines) is 1. The lowest BCUT2D eigenvalue weighted by Crippen LogP contribution is -2.31. The molecule has 2 rings (SSSR count). The summed E-state index contributed by atoms with van der Waals surface area (Å²) in [6, 6.07) is 0. The van der Waals surface area contributed by atoms with E-state index in [2.05, 4.69) is 16.8 Å². The summed E-state index contributed by atoms with van der Waals surface area (Å²) >= 11 is 0. The molecule has 1 aromatic heterocycles. The highest BCUT2D eigenvalue weighted by Gasteiger charge is 2.32. The first-order chi connectivity index (χ1) is 7.11. The zero-order valence-corrected chi connectivity index (χ0v) is 11.9. The molecule has 2 heterocycles. The van der Waals surface area contributed by atoms with Gasteiger partial charge in [0.15, 0.2) is 0 Å². The lowest BCUT2D eigenvalue weighted by molar-refractivity contribution is 0.250. The second-order valence-electron chi connectivity index (χ2n) is 4.84. The minimum absolute atomic E-state index is 0. The van der Waals surface area contributed by atoms with E-state index in [0.717, 1.165) is 37.8 Å². The predicted octanol–water partition coefficient (Wildman–Crippen LogP) is 2.00. The number of halogens is 2. The van der Waals surface area contributed by atoms with E-state index in [-0.39, 0.29) is 30.2 Å². The Labute approximate surface area is 115 Å². The van der Waals surface area contributed by atoms with E-state index in [1.165, 1.54) is 6.42 Å². The standard InChI is InChI=1S/C11H19N3O.2ClH/c1-9-5-13-10(15-9)6-14-4-3-11(2,7-12)8-14;;/h5H,3-4,6-8,12H2,1-2H3;2*1H. The normalized spacial score (nSPS) is 24.2. The van der Waals surface area contributed by atoms with Gasteiger partial charge in [0, 0.05) is 6.54 Å². The Morgan fingerprint density at radius 3 is 2.71 bits per heavy atom. The van der Waals surface area contributed by atoms with E-state index in [4.69, 9.17) is 10.2 Å². The van der Waals surface area contributed by atoms with Crippen molar-refractivity contribution in [3.05, 3.63) is 17.8 Å². The van der Waals surface area contributed by atoms with E-state index >= 15 is 0 Å². The molecule has 0 amide bonds. The van der Waals surface area contributed by atoms with Crippen LogP contribution in [0.2, 0.25) is 0 Å². The Morgan fingerprint density at radius 2 is 2.24 bits per heavy atom. The van der Waals surface area contributed by atoms with Crippen molar-refractivity contribution in [3.63, 3.8) is 0 Å². The fourth-order valence-corrected chi connectivity index (χ4v) is 2.09. The molecule has 0 aliphatic carbocycles. The van der Waals surface area contributed by atoms with Crippen LogP contribution < -0.4 is 5.73 Å². The van der Waals surface area contributed by atoms with Gasteiger partial charge in [-0.15, -0.1) is 24.8 Å². The van der Waals surface area contributed by atoms with E-state index in [1.807, 2.05) is 6.92 Å². The van der Waals surface area contributed by atoms with Gasteiger partial charge in [-0.3, -0.25) is 4.90 Å². The van der Waals surface area contributed by atoms with Crippen LogP contribution in [0.1, 0.15) is 25.0 Å². The number of aromatic nitrogens is 1. The Kier molecular flexibility index (Phi) is 6.48. The summed E-state index contributed by atoms with van der Waals surface area (Å²) in [6.07, 6.45) is 2.94. The average Bonchev–Trinajstić information content (AvgIpc) is 2.76. The van der Waals surface area contributed by atoms with Gasteiger partial charge in [0.1, 0.15) is 5.76 Å². The summed E-state index contributed by atoms with van der Waals surface area (Å²) < 4.78 is 5.46. The number of nitrogens with zero attached hydrogens (tertiary/aromatic N) is 2. The third-order valence-corrected chi connectivity index (χ3v) is 3.16. The fraction of sp³-hybridized carbons (Fsp3) is 0.727. The third-order valence-electron chi connectivity index (χ3n) is 3.16. The lowest BCUT2D eigenvalue weighted by Gasteiger charge is -2.21. The zero-order valence-electron chi connectivity index (χ0n) is 10.3. The number of hydrogen-bond donors (Lipinski definition) is 1. The monoisotopic (exact) mass is 281 g/mol. The molecule has 100 valence electrons. The minimum Gasteiger partial charge on any atom is -0.445 e. The zero-order chi connectivity index (χ0) is 10.9. The Bertz CT molecular complexity index is 345. The molecule has 1 atom stereocenters. The molecule has 1 aliphatic heterocycles. The number of hydrogen-bond acceptors (Lipinski definition) is 4. The number of nitrogens with two attached hydrogens (primary N) is 1. The van der Waals surface area contributed by atoms with Gasteiger partial charge >= 0.3 is 0 Å². The smallest absolute Gasteiger partial charge is 0.208 e. The molecule has 0 bridgehead atoms. The van der Waals surface area contributed by atoms with Crippen molar-refractivity contribution >= 4 is 24.8 Å². The van der Waals surface area contributed by atoms with Gasteiger partial charge < -0.3 is 10.2 Å². The molecule has 6 heteroatoms. The molecule has 0 spiro atoms. The Hall–Kier alpha value is -0.290. The van der Waals surface area contributed by atoms with Crippen LogP contribution in [0.5, 0.6) is 0 Å². The van der Waals surface area contributed by atoms with Crippen LogP contribution in [0, 0.1) is 12.3 Å². The second-order valence-corrected chi connectivity index (χ2v) is 4.84. The largest absolute Gasteiger partial charge is 0.445 e. The molecule has 4 nitrogen and oxygen atoms in total. The maximum atomic E-state index is 5.76. The Balaban J connectivity index is 0.00000128. The van der Waals surface area contributed by atoms with Crippen molar-refractivity contribution in [1.82, 2.24) is 9.88 Å². The maximum Gasteiger partial charge on any atom is 0.208 e. The van der Waals surface area contributed by atoms with E-state index in [9.17, 15) is 0 Å². The van der Waals surface area contributed by atoms with Gasteiger partial charge in [0.25, 0.3) is 0 Å². The van der Waals surface area contributed by atoms with Crippen molar-refractivity contribution < 1.29 is 4.42 Å². The van der Waals surface area contributed by atoms with Crippen molar-refractivity contribution in [1.29, 1.82) is 0 Å². The van der Waals surface area contributed by atoms with Gasteiger partial charge in [-0.2, -0.15) is 0 Å². The molecule has 1 saturated heterocycles. The van der Waals surface area contributed by atoms with Crippen molar-refractivity contribution in [3.8, 4) is 0 Å². The molecular formula is C11H21Cl2N3O. The summed E-state index contributed by atoms with van der Waals surface area (Å²) in [5.41, 5.74) is 6.04. The maximum absolute atomic E-state index is 5.76. The highest BCUT2D eigenvalue weighted by Crippen LogP contribution is 2.29. The minimum atomic E-state index is 0. The van der Waals surface area contributed by atoms with Gasteiger partial charge in [-0.25, -0.2) is 4.98 Å². The van der Waals surface area contributed by atoms with Crippen molar-refractivity contribution in [2.45, 2.75) is 26.8 Å². The van der Waals surface area contributed by atoms with E-state index in [1.54, 1.807) is 6.20 Å². The van der Waals surface area contributed by atoms with Gasteiger partial charge in [-0.05, 0) is 31.8 Å². The van der Waals surface area contributed by atoms with Gasteiger partial charge in [0.05, 0.1) is 12.7 Å². The molecule has 1 fully saturated rings. The van der Waals surface area contributed by atoms with Crippen LogP contribution in [0.15, 0.2) is 10.6 Å². The highest BCUT2D eigenvalue weighted by molar-refractivity contribution is 5.85. The van der Waals surface area contributed by atoms with Crippen LogP contribution in [0.4, 0.5) is 0 Å². The van der Waals surface area contributed by atoms with Crippen LogP contribution in [0.25, 0.3) is 0 Å². The van der Waals surface area contributed by atoms with Gasteiger partial charge in [0.2, 0.25) is 5.89 Å². The second kappa shape index (κ2) is 6.59.